The van der Waals surface area contributed by atoms with Crippen LogP contribution in [0.4, 0.5) is 0 Å². The molecular formula is C12H16N2O. The number of nitrogens with zero attached hydrogens (tertiary/aromatic N) is 1. The molecule has 15 heavy (non-hydrogen) atoms. The number of methoxy groups -OCH3 is 1. The van der Waals surface area contributed by atoms with E-state index in [1.807, 2.05) is 0 Å². The zero-order valence-electron chi connectivity index (χ0n) is 8.94. The Labute approximate surface area is 89.4 Å². The van der Waals surface area contributed by atoms with Crippen molar-refractivity contribution >= 4 is 10.9 Å². The standard InChI is InChI=1S/C12H16N2O/c1-15-7-6-14-5-4-11-8-10(9-13)2-3-12(11)14/h2-5,8H,6-7,9,13H2,1H3. The maximum Gasteiger partial charge on any atom is 0.0641 e. The SMILES string of the molecule is COCCn1ccc2cc(CN)ccc21. The first-order chi connectivity index (χ1) is 7.35. The summed E-state index contributed by atoms with van der Waals surface area (Å²) in [6.07, 6.45) is 2.09. The molecule has 0 aliphatic heterocycles. The molecule has 0 atom stereocenters. The van der Waals surface area contributed by atoms with Crippen molar-refractivity contribution in [1.29, 1.82) is 0 Å². The first-order valence-electron chi connectivity index (χ1n) is 5.12. The minimum absolute atomic E-state index is 0.596. The van der Waals surface area contributed by atoms with Gasteiger partial charge in [-0.2, -0.15) is 0 Å². The van der Waals surface area contributed by atoms with E-state index in [1.54, 1.807) is 7.11 Å². The number of nitrogens with two attached hydrogens (primary N) is 1. The van der Waals surface area contributed by atoms with Gasteiger partial charge in [0.25, 0.3) is 0 Å². The summed E-state index contributed by atoms with van der Waals surface area (Å²) in [6, 6.07) is 8.45. The highest BCUT2D eigenvalue weighted by Gasteiger charge is 2.00. The van der Waals surface area contributed by atoms with E-state index in [1.165, 1.54) is 16.5 Å². The van der Waals surface area contributed by atoms with Gasteiger partial charge in [-0.05, 0) is 29.1 Å². The Hall–Kier alpha value is -1.32. The van der Waals surface area contributed by atoms with E-state index >= 15 is 0 Å². The van der Waals surface area contributed by atoms with Gasteiger partial charge < -0.3 is 15.0 Å². The molecule has 1 aromatic heterocycles. The molecule has 1 heterocycles. The van der Waals surface area contributed by atoms with Crippen molar-refractivity contribution in [2.75, 3.05) is 13.7 Å². The summed E-state index contributed by atoms with van der Waals surface area (Å²) in [6.45, 7) is 2.23. The lowest BCUT2D eigenvalue weighted by atomic mass is 10.1. The third kappa shape index (κ3) is 2.03. The maximum atomic E-state index is 5.60. The molecule has 0 amide bonds. The molecule has 0 saturated carbocycles. The van der Waals surface area contributed by atoms with Crippen molar-refractivity contribution in [3.05, 3.63) is 36.0 Å². The highest BCUT2D eigenvalue weighted by Crippen LogP contribution is 2.17. The Morgan fingerprint density at radius 3 is 2.93 bits per heavy atom. The fraction of sp³-hybridized carbons (Fsp3) is 0.333. The lowest BCUT2D eigenvalue weighted by Gasteiger charge is -2.04. The predicted octanol–water partition coefficient (Wildman–Crippen LogP) is 1.75. The van der Waals surface area contributed by atoms with Crippen LogP contribution in [0, 0.1) is 0 Å². The van der Waals surface area contributed by atoms with Gasteiger partial charge in [0, 0.05) is 31.9 Å². The molecule has 0 aliphatic rings. The van der Waals surface area contributed by atoms with E-state index < -0.39 is 0 Å². The first-order valence-corrected chi connectivity index (χ1v) is 5.12. The minimum atomic E-state index is 0.596. The summed E-state index contributed by atoms with van der Waals surface area (Å²) in [5, 5.41) is 1.24. The van der Waals surface area contributed by atoms with E-state index in [-0.39, 0.29) is 0 Å². The number of hydrogen-bond acceptors (Lipinski definition) is 2. The molecule has 80 valence electrons. The lowest BCUT2D eigenvalue weighted by Crippen LogP contribution is -2.02. The topological polar surface area (TPSA) is 40.2 Å². The summed E-state index contributed by atoms with van der Waals surface area (Å²) in [4.78, 5) is 0. The lowest BCUT2D eigenvalue weighted by molar-refractivity contribution is 0.188. The van der Waals surface area contributed by atoms with Gasteiger partial charge in [-0.15, -0.1) is 0 Å². The van der Waals surface area contributed by atoms with Crippen LogP contribution in [0.1, 0.15) is 5.56 Å². The second-order valence-corrected chi connectivity index (χ2v) is 3.60. The number of ether oxygens (including phenoxy) is 1. The fourth-order valence-corrected chi connectivity index (χ4v) is 1.76. The van der Waals surface area contributed by atoms with Gasteiger partial charge in [0.05, 0.1) is 6.61 Å². The van der Waals surface area contributed by atoms with Crippen LogP contribution in [0.15, 0.2) is 30.5 Å². The van der Waals surface area contributed by atoms with Crippen LogP contribution in [0.25, 0.3) is 10.9 Å². The Bertz CT molecular complexity index is 448. The van der Waals surface area contributed by atoms with Crippen LogP contribution in [-0.2, 0) is 17.8 Å². The van der Waals surface area contributed by atoms with Crippen molar-refractivity contribution in [2.24, 2.45) is 5.73 Å². The van der Waals surface area contributed by atoms with Crippen LogP contribution < -0.4 is 5.73 Å². The molecule has 3 heteroatoms. The average molecular weight is 204 g/mol. The Kier molecular flexibility index (Phi) is 3.04. The average Bonchev–Trinajstić information content (AvgIpc) is 2.68. The Morgan fingerprint density at radius 2 is 2.20 bits per heavy atom. The summed E-state index contributed by atoms with van der Waals surface area (Å²) in [7, 11) is 1.72. The molecule has 0 unspecified atom stereocenters. The Balaban J connectivity index is 2.34. The summed E-state index contributed by atoms with van der Waals surface area (Å²) in [5.74, 6) is 0. The normalized spacial score (nSPS) is 11.1. The minimum Gasteiger partial charge on any atom is -0.383 e. The fourth-order valence-electron chi connectivity index (χ4n) is 1.76. The summed E-state index contributed by atoms with van der Waals surface area (Å²) >= 11 is 0. The molecule has 0 fully saturated rings. The zero-order valence-corrected chi connectivity index (χ0v) is 8.94. The van der Waals surface area contributed by atoms with E-state index in [9.17, 15) is 0 Å². The largest absolute Gasteiger partial charge is 0.383 e. The van der Waals surface area contributed by atoms with Gasteiger partial charge >= 0.3 is 0 Å². The number of hydrogen-bond donors (Lipinski definition) is 1. The second kappa shape index (κ2) is 4.47. The summed E-state index contributed by atoms with van der Waals surface area (Å²) in [5.41, 5.74) is 8.01. The van der Waals surface area contributed by atoms with Gasteiger partial charge in [-0.25, -0.2) is 0 Å². The predicted molar refractivity (Wildman–Crippen MR) is 61.7 cm³/mol. The molecule has 0 radical (unpaired) electrons. The van der Waals surface area contributed by atoms with Crippen molar-refractivity contribution in [2.45, 2.75) is 13.1 Å². The summed E-state index contributed by atoms with van der Waals surface area (Å²) < 4.78 is 7.26. The number of aromatic nitrogens is 1. The number of fused-ring (bicyclic) bond motifs is 1. The molecule has 2 aromatic rings. The number of rotatable bonds is 4. The van der Waals surface area contributed by atoms with E-state index in [2.05, 4.69) is 35.0 Å². The molecule has 2 N–H and O–H groups in total. The molecule has 0 aliphatic carbocycles. The van der Waals surface area contributed by atoms with Gasteiger partial charge in [-0.3, -0.25) is 0 Å². The third-order valence-corrected chi connectivity index (χ3v) is 2.61. The van der Waals surface area contributed by atoms with Gasteiger partial charge in [-0.1, -0.05) is 6.07 Å². The monoisotopic (exact) mass is 204 g/mol. The van der Waals surface area contributed by atoms with Crippen LogP contribution in [0.3, 0.4) is 0 Å². The van der Waals surface area contributed by atoms with E-state index in [0.29, 0.717) is 6.54 Å². The van der Waals surface area contributed by atoms with Crippen molar-refractivity contribution in [1.82, 2.24) is 4.57 Å². The van der Waals surface area contributed by atoms with Crippen molar-refractivity contribution in [3.8, 4) is 0 Å². The van der Waals surface area contributed by atoms with Crippen LogP contribution in [0.5, 0.6) is 0 Å². The maximum absolute atomic E-state index is 5.60. The highest BCUT2D eigenvalue weighted by molar-refractivity contribution is 5.80. The molecule has 0 saturated heterocycles. The highest BCUT2D eigenvalue weighted by atomic mass is 16.5. The van der Waals surface area contributed by atoms with Gasteiger partial charge in [0.1, 0.15) is 0 Å². The molecule has 2 rings (SSSR count). The smallest absolute Gasteiger partial charge is 0.0641 e. The van der Waals surface area contributed by atoms with E-state index in [4.69, 9.17) is 10.5 Å². The quantitative estimate of drug-likeness (QED) is 0.824. The number of benzene rings is 1. The van der Waals surface area contributed by atoms with Crippen LogP contribution in [-0.4, -0.2) is 18.3 Å². The Morgan fingerprint density at radius 1 is 1.33 bits per heavy atom. The van der Waals surface area contributed by atoms with Gasteiger partial charge in [0.15, 0.2) is 0 Å². The molecule has 0 bridgehead atoms. The molecule has 1 aromatic carbocycles. The van der Waals surface area contributed by atoms with Gasteiger partial charge in [0.2, 0.25) is 0 Å². The van der Waals surface area contributed by atoms with Crippen molar-refractivity contribution < 1.29 is 4.74 Å². The second-order valence-electron chi connectivity index (χ2n) is 3.60. The van der Waals surface area contributed by atoms with Crippen LogP contribution in [0.2, 0.25) is 0 Å². The van der Waals surface area contributed by atoms with Crippen molar-refractivity contribution in [3.63, 3.8) is 0 Å². The van der Waals surface area contributed by atoms with E-state index in [0.717, 1.165) is 13.2 Å². The molecule has 0 spiro atoms. The zero-order chi connectivity index (χ0) is 10.7. The first kappa shape index (κ1) is 10.2. The molecule has 3 nitrogen and oxygen atoms in total. The van der Waals surface area contributed by atoms with Crippen LogP contribution >= 0.6 is 0 Å². The third-order valence-electron chi connectivity index (χ3n) is 2.61. The molecular weight excluding hydrogens is 188 g/mol.